The van der Waals surface area contributed by atoms with Gasteiger partial charge in [0.05, 0.1) is 38.5 Å². The number of urea groups is 1. The lowest BCUT2D eigenvalue weighted by Crippen LogP contribution is -2.46. The fourth-order valence-electron chi connectivity index (χ4n) is 6.59. The maximum absolute atomic E-state index is 12.9. The van der Waals surface area contributed by atoms with Gasteiger partial charge in [-0.15, -0.1) is 0 Å². The predicted molar refractivity (Wildman–Crippen MR) is 197 cm³/mol. The molecule has 3 rings (SSSR count). The Morgan fingerprint density at radius 2 is 1.49 bits per heavy atom. The molecule has 5 unspecified atom stereocenters. The molecule has 5 atom stereocenters. The van der Waals surface area contributed by atoms with E-state index < -0.39 is 0 Å². The van der Waals surface area contributed by atoms with E-state index >= 15 is 0 Å². The van der Waals surface area contributed by atoms with Gasteiger partial charge in [0, 0.05) is 83.9 Å². The summed E-state index contributed by atoms with van der Waals surface area (Å²) in [5, 5.41) is 12.2. The summed E-state index contributed by atoms with van der Waals surface area (Å²) < 4.78 is 28.0. The highest BCUT2D eigenvalue weighted by atomic mass is 32.2. The molecule has 15 heteroatoms. The number of carbonyl (C=O) groups is 4. The third-order valence-electron chi connectivity index (χ3n) is 9.42. The first kappa shape index (κ1) is 43.0. The van der Waals surface area contributed by atoms with Crippen LogP contribution in [0.5, 0.6) is 0 Å². The number of ether oxygens (including phenoxy) is 5. The number of carbonyl (C=O) groups excluding carboxylic acids is 4. The number of thioether (sulfide) groups is 1. The Labute approximate surface area is 308 Å². The van der Waals surface area contributed by atoms with Crippen molar-refractivity contribution in [1.29, 1.82) is 0 Å². The van der Waals surface area contributed by atoms with Crippen LogP contribution < -0.4 is 21.3 Å². The Hall–Kier alpha value is -2.43. The second kappa shape index (κ2) is 25.5. The van der Waals surface area contributed by atoms with Crippen molar-refractivity contribution >= 4 is 35.5 Å². The number of rotatable bonds is 26. The van der Waals surface area contributed by atoms with Crippen molar-refractivity contribution in [2.24, 2.45) is 0 Å². The number of nitrogens with zero attached hydrogens (tertiary/aromatic N) is 1. The topological polar surface area (TPSA) is 166 Å². The van der Waals surface area contributed by atoms with Gasteiger partial charge < -0.3 is 49.9 Å². The quantitative estimate of drug-likeness (QED) is 0.0589. The van der Waals surface area contributed by atoms with Crippen LogP contribution in [-0.2, 0) is 38.1 Å². The van der Waals surface area contributed by atoms with E-state index in [0.29, 0.717) is 103 Å². The zero-order chi connectivity index (χ0) is 36.7. The predicted octanol–water partition coefficient (Wildman–Crippen LogP) is 2.54. The number of hydrogen-bond acceptors (Lipinski definition) is 10. The van der Waals surface area contributed by atoms with Gasteiger partial charge in [0.15, 0.2) is 0 Å². The summed E-state index contributed by atoms with van der Waals surface area (Å²) >= 11 is 1.90. The van der Waals surface area contributed by atoms with E-state index in [1.807, 2.05) is 16.7 Å². The van der Waals surface area contributed by atoms with E-state index in [-0.39, 0.29) is 48.0 Å². The van der Waals surface area contributed by atoms with Crippen molar-refractivity contribution in [3.63, 3.8) is 0 Å². The van der Waals surface area contributed by atoms with Crippen molar-refractivity contribution in [1.82, 2.24) is 26.2 Å². The third kappa shape index (κ3) is 16.4. The minimum Gasteiger partial charge on any atom is -0.379 e. The SMILES string of the molecule is CCC1=CCCN(C(=O)CCCC(=O)NCCCOCCOCCOCCCNC(=O)CCCCC2SCC3NC(=O)NC32)CC(OC)C1OC. The van der Waals surface area contributed by atoms with E-state index in [4.69, 9.17) is 23.7 Å². The molecule has 3 aliphatic heterocycles. The molecule has 5 amide bonds. The fourth-order valence-corrected chi connectivity index (χ4v) is 8.14. The van der Waals surface area contributed by atoms with E-state index in [2.05, 4.69) is 34.3 Å². The molecule has 0 radical (unpaired) electrons. The number of hydrogen-bond donors (Lipinski definition) is 4. The highest BCUT2D eigenvalue weighted by Gasteiger charge is 2.42. The van der Waals surface area contributed by atoms with Crippen LogP contribution in [0.15, 0.2) is 11.6 Å². The normalized spacial score (nSPS) is 23.1. The van der Waals surface area contributed by atoms with Crippen molar-refractivity contribution in [2.45, 2.75) is 107 Å². The molecule has 4 N–H and O–H groups in total. The monoisotopic (exact) mass is 741 g/mol. The maximum Gasteiger partial charge on any atom is 0.315 e. The molecule has 0 aromatic rings. The van der Waals surface area contributed by atoms with Gasteiger partial charge in [-0.25, -0.2) is 4.79 Å². The second-order valence-electron chi connectivity index (χ2n) is 13.2. The van der Waals surface area contributed by atoms with Gasteiger partial charge in [-0.05, 0) is 50.5 Å². The summed E-state index contributed by atoms with van der Waals surface area (Å²) in [6.07, 6.45) is 9.38. The van der Waals surface area contributed by atoms with Crippen molar-refractivity contribution in [3.05, 3.63) is 11.6 Å². The second-order valence-corrected chi connectivity index (χ2v) is 14.4. The summed E-state index contributed by atoms with van der Waals surface area (Å²) in [6, 6.07) is 0.407. The van der Waals surface area contributed by atoms with Crippen LogP contribution in [0.25, 0.3) is 0 Å². The molecule has 0 bridgehead atoms. The largest absolute Gasteiger partial charge is 0.379 e. The first-order valence-electron chi connectivity index (χ1n) is 18.8. The van der Waals surface area contributed by atoms with Crippen molar-refractivity contribution < 1.29 is 42.9 Å². The van der Waals surface area contributed by atoms with Crippen molar-refractivity contribution in [2.75, 3.05) is 85.8 Å². The molecule has 2 fully saturated rings. The first-order chi connectivity index (χ1) is 24.9. The minimum atomic E-state index is -0.222. The highest BCUT2D eigenvalue weighted by Crippen LogP contribution is 2.33. The molecular formula is C36H63N5O9S. The summed E-state index contributed by atoms with van der Waals surface area (Å²) in [7, 11) is 3.32. The Balaban J connectivity index is 1.05. The highest BCUT2D eigenvalue weighted by molar-refractivity contribution is 8.00. The number of fused-ring (bicyclic) bond motifs is 1. The Bertz CT molecular complexity index is 1080. The number of amides is 5. The van der Waals surface area contributed by atoms with Gasteiger partial charge in [-0.1, -0.05) is 19.4 Å². The molecule has 0 saturated carbocycles. The molecule has 14 nitrogen and oxygen atoms in total. The summed E-state index contributed by atoms with van der Waals surface area (Å²) in [6.45, 7) is 7.31. The smallest absolute Gasteiger partial charge is 0.315 e. The molecule has 292 valence electrons. The van der Waals surface area contributed by atoms with Crippen molar-refractivity contribution in [3.8, 4) is 0 Å². The Morgan fingerprint density at radius 1 is 0.843 bits per heavy atom. The average Bonchev–Trinajstić information content (AvgIpc) is 3.67. The van der Waals surface area contributed by atoms with E-state index in [0.717, 1.165) is 44.3 Å². The maximum atomic E-state index is 12.9. The van der Waals surface area contributed by atoms with Gasteiger partial charge in [-0.2, -0.15) is 11.8 Å². The zero-order valence-electron chi connectivity index (χ0n) is 31.1. The van der Waals surface area contributed by atoms with Crippen LogP contribution in [0.1, 0.15) is 77.6 Å². The summed E-state index contributed by atoms with van der Waals surface area (Å²) in [4.78, 5) is 50.5. The number of nitrogens with one attached hydrogen (secondary N) is 4. The fraction of sp³-hybridized carbons (Fsp3) is 0.833. The lowest BCUT2D eigenvalue weighted by Gasteiger charge is -2.34. The van der Waals surface area contributed by atoms with Crippen LogP contribution in [0.2, 0.25) is 0 Å². The molecule has 51 heavy (non-hydrogen) atoms. The van der Waals surface area contributed by atoms with Crippen LogP contribution in [0, 0.1) is 0 Å². The van der Waals surface area contributed by atoms with Crippen LogP contribution in [0.4, 0.5) is 4.79 Å². The standard InChI is InChI=1S/C36H63N5O9S/c1-4-27-11-8-18-41(25-29(46-2)35(27)47-3)33(44)15-7-14-32(43)38-17-10-20-49-22-24-50-23-21-48-19-9-16-37-31(42)13-6-5-12-30-34-28(26-51-30)39-36(45)40-34/h11,28-30,34-35H,4-10,12-26H2,1-3H3,(H,37,42)(H,38,43)(H2,39,40,45). The van der Waals surface area contributed by atoms with Gasteiger partial charge in [0.1, 0.15) is 12.2 Å². The molecular weight excluding hydrogens is 678 g/mol. The minimum absolute atomic E-state index is 0.0344. The lowest BCUT2D eigenvalue weighted by molar-refractivity contribution is -0.135. The molecule has 0 aliphatic carbocycles. The molecule has 3 aliphatic rings. The average molecular weight is 742 g/mol. The molecule has 2 saturated heterocycles. The van der Waals surface area contributed by atoms with E-state index in [1.165, 1.54) is 5.57 Å². The van der Waals surface area contributed by atoms with Crippen LogP contribution in [0.3, 0.4) is 0 Å². The van der Waals surface area contributed by atoms with Crippen LogP contribution in [-0.4, -0.2) is 144 Å². The molecule has 3 heterocycles. The number of methoxy groups -OCH3 is 2. The molecule has 0 aromatic carbocycles. The Morgan fingerprint density at radius 3 is 2.12 bits per heavy atom. The Kier molecular flexibility index (Phi) is 21.5. The van der Waals surface area contributed by atoms with E-state index in [1.54, 1.807) is 14.2 Å². The van der Waals surface area contributed by atoms with Gasteiger partial charge >= 0.3 is 6.03 Å². The lowest BCUT2D eigenvalue weighted by atomic mass is 9.98. The summed E-state index contributed by atoms with van der Waals surface area (Å²) in [5.41, 5.74) is 1.21. The number of unbranched alkanes of at least 4 members (excludes halogenated alkanes) is 1. The molecule has 0 aromatic heterocycles. The van der Waals surface area contributed by atoms with Gasteiger partial charge in [0.2, 0.25) is 17.7 Å². The molecule has 0 spiro atoms. The van der Waals surface area contributed by atoms with E-state index in [9.17, 15) is 19.2 Å². The van der Waals surface area contributed by atoms with Gasteiger partial charge in [-0.3, -0.25) is 14.4 Å². The van der Waals surface area contributed by atoms with Gasteiger partial charge in [0.25, 0.3) is 0 Å². The van der Waals surface area contributed by atoms with Crippen LogP contribution >= 0.6 is 11.8 Å². The summed E-state index contributed by atoms with van der Waals surface area (Å²) in [5.74, 6) is 1.00. The first-order valence-corrected chi connectivity index (χ1v) is 19.9. The zero-order valence-corrected chi connectivity index (χ0v) is 31.9. The third-order valence-corrected chi connectivity index (χ3v) is 10.9.